The van der Waals surface area contributed by atoms with Crippen molar-refractivity contribution < 1.29 is 5.11 Å². The maximum absolute atomic E-state index is 10.6. The average molecular weight is 456 g/mol. The van der Waals surface area contributed by atoms with Crippen LogP contribution >= 0.6 is 11.6 Å². The molecule has 1 aliphatic heterocycles. The predicted octanol–water partition coefficient (Wildman–Crippen LogP) is 4.04. The van der Waals surface area contributed by atoms with E-state index in [0.717, 1.165) is 24.0 Å². The molecule has 0 saturated carbocycles. The topological polar surface area (TPSA) is 92.0 Å². The minimum atomic E-state index is 0.0265. The lowest BCUT2D eigenvalue weighted by Gasteiger charge is -2.48. The molecule has 3 heterocycles. The van der Waals surface area contributed by atoms with Gasteiger partial charge in [-0.3, -0.25) is 4.68 Å². The first-order valence-corrected chi connectivity index (χ1v) is 11.1. The second-order valence-corrected chi connectivity index (χ2v) is 10.3. The summed E-state index contributed by atoms with van der Waals surface area (Å²) in [6, 6.07) is 5.62. The van der Waals surface area contributed by atoms with E-state index in [9.17, 15) is 5.11 Å². The zero-order chi connectivity index (χ0) is 23.3. The first kappa shape index (κ1) is 22.5. The number of phenols is 1. The maximum Gasteiger partial charge on any atom is 0.245 e. The number of nitrogens with one attached hydrogen (secondary N) is 1. The van der Waals surface area contributed by atoms with E-state index in [0.29, 0.717) is 28.4 Å². The fourth-order valence-electron chi connectivity index (χ4n) is 4.79. The van der Waals surface area contributed by atoms with E-state index in [1.54, 1.807) is 36.3 Å². The summed E-state index contributed by atoms with van der Waals surface area (Å²) in [4.78, 5) is 6.66. The lowest BCUT2D eigenvalue weighted by atomic mass is 9.79. The van der Waals surface area contributed by atoms with Crippen LogP contribution in [0.1, 0.15) is 40.5 Å². The smallest absolute Gasteiger partial charge is 0.245 e. The van der Waals surface area contributed by atoms with Crippen molar-refractivity contribution in [3.63, 3.8) is 0 Å². The van der Waals surface area contributed by atoms with Crippen molar-refractivity contribution in [1.29, 1.82) is 0 Å². The van der Waals surface area contributed by atoms with Gasteiger partial charge < -0.3 is 15.3 Å². The molecule has 1 fully saturated rings. The number of piperidine rings is 1. The third-order valence-electron chi connectivity index (χ3n) is 6.03. The van der Waals surface area contributed by atoms with E-state index in [-0.39, 0.29) is 16.8 Å². The Balaban J connectivity index is 1.55. The van der Waals surface area contributed by atoms with Gasteiger partial charge in [-0.05, 0) is 58.2 Å². The molecular weight excluding hydrogens is 426 g/mol. The molecule has 0 amide bonds. The number of aromatic nitrogens is 5. The lowest BCUT2D eigenvalue weighted by molar-refractivity contribution is 0.160. The van der Waals surface area contributed by atoms with Gasteiger partial charge >= 0.3 is 0 Å². The Hall–Kier alpha value is -2.71. The standard InChI is InChI=1S/C23H30ClN7O/c1-22(2)10-15(11-23(3,4)29-22)30(5)21-25-13-18(27-28-21)16-8-7-14(9-19(16)32)17-12-26-31(6)20(17)24/h7-9,12-13,15,29,32H,10-11H2,1-6H3. The molecule has 0 atom stereocenters. The van der Waals surface area contributed by atoms with Gasteiger partial charge in [0, 0.05) is 42.3 Å². The van der Waals surface area contributed by atoms with Gasteiger partial charge in [0.05, 0.1) is 12.4 Å². The zero-order valence-electron chi connectivity index (χ0n) is 19.4. The first-order valence-electron chi connectivity index (χ1n) is 10.7. The molecule has 4 rings (SSSR count). The van der Waals surface area contributed by atoms with Crippen LogP contribution in [0.3, 0.4) is 0 Å². The van der Waals surface area contributed by atoms with Gasteiger partial charge in [-0.2, -0.15) is 5.10 Å². The molecule has 32 heavy (non-hydrogen) atoms. The Kier molecular flexibility index (Phi) is 5.63. The highest BCUT2D eigenvalue weighted by Crippen LogP contribution is 2.35. The Morgan fingerprint density at radius 3 is 2.31 bits per heavy atom. The summed E-state index contributed by atoms with van der Waals surface area (Å²) in [7, 11) is 3.79. The first-order chi connectivity index (χ1) is 15.0. The Bertz CT molecular complexity index is 1110. The number of hydrogen-bond acceptors (Lipinski definition) is 7. The van der Waals surface area contributed by atoms with Crippen LogP contribution in [0.2, 0.25) is 5.15 Å². The summed E-state index contributed by atoms with van der Waals surface area (Å²) < 4.78 is 1.58. The second-order valence-electron chi connectivity index (χ2n) is 9.91. The largest absolute Gasteiger partial charge is 0.507 e. The molecule has 1 aliphatic rings. The molecule has 1 aromatic carbocycles. The Morgan fingerprint density at radius 1 is 1.09 bits per heavy atom. The number of aromatic hydroxyl groups is 1. The SMILES string of the molecule is CN(c1ncc(-c2ccc(-c3cnn(C)c3Cl)cc2O)nn1)C1CC(C)(C)NC(C)(C)C1. The van der Waals surface area contributed by atoms with Crippen LogP contribution < -0.4 is 10.2 Å². The highest BCUT2D eigenvalue weighted by atomic mass is 35.5. The number of halogens is 1. The number of aryl methyl sites for hydroxylation is 1. The highest BCUT2D eigenvalue weighted by molar-refractivity contribution is 6.32. The normalized spacial score (nSPS) is 18.0. The van der Waals surface area contributed by atoms with Crippen LogP contribution in [0.25, 0.3) is 22.4 Å². The van der Waals surface area contributed by atoms with Crippen LogP contribution in [0.4, 0.5) is 5.95 Å². The molecule has 0 unspecified atom stereocenters. The zero-order valence-corrected chi connectivity index (χ0v) is 20.1. The second kappa shape index (κ2) is 8.01. The van der Waals surface area contributed by atoms with Crippen LogP contribution in [-0.2, 0) is 7.05 Å². The molecule has 3 aromatic rings. The van der Waals surface area contributed by atoms with E-state index in [1.807, 2.05) is 13.1 Å². The van der Waals surface area contributed by atoms with E-state index >= 15 is 0 Å². The summed E-state index contributed by atoms with van der Waals surface area (Å²) in [5.74, 6) is 0.659. The van der Waals surface area contributed by atoms with Gasteiger partial charge in [-0.15, -0.1) is 10.2 Å². The van der Waals surface area contributed by atoms with Crippen LogP contribution in [0, 0.1) is 0 Å². The lowest BCUT2D eigenvalue weighted by Crippen LogP contribution is -2.62. The average Bonchev–Trinajstić information content (AvgIpc) is 3.04. The number of hydrogen-bond donors (Lipinski definition) is 2. The molecule has 0 spiro atoms. The van der Waals surface area contributed by atoms with Gasteiger partial charge in [0.25, 0.3) is 0 Å². The van der Waals surface area contributed by atoms with E-state index in [2.05, 4.69) is 58.2 Å². The van der Waals surface area contributed by atoms with Crippen molar-refractivity contribution in [3.05, 3.63) is 35.7 Å². The van der Waals surface area contributed by atoms with Gasteiger partial charge in [0.2, 0.25) is 5.95 Å². The molecule has 0 bridgehead atoms. The van der Waals surface area contributed by atoms with Crippen LogP contribution in [-0.4, -0.2) is 54.2 Å². The third kappa shape index (κ3) is 4.42. The third-order valence-corrected chi connectivity index (χ3v) is 6.48. The Morgan fingerprint density at radius 2 is 1.78 bits per heavy atom. The molecule has 0 radical (unpaired) electrons. The number of anilines is 1. The van der Waals surface area contributed by atoms with Crippen molar-refractivity contribution >= 4 is 17.5 Å². The summed E-state index contributed by atoms with van der Waals surface area (Å²) in [5, 5.41) is 27.7. The quantitative estimate of drug-likeness (QED) is 0.613. The molecule has 1 saturated heterocycles. The van der Waals surface area contributed by atoms with E-state index < -0.39 is 0 Å². The number of rotatable bonds is 4. The van der Waals surface area contributed by atoms with Crippen molar-refractivity contribution in [2.24, 2.45) is 7.05 Å². The molecule has 2 aromatic heterocycles. The fraction of sp³-hybridized carbons (Fsp3) is 0.478. The van der Waals surface area contributed by atoms with E-state index in [1.165, 1.54) is 0 Å². The van der Waals surface area contributed by atoms with Gasteiger partial charge in [0.1, 0.15) is 16.6 Å². The van der Waals surface area contributed by atoms with Crippen molar-refractivity contribution in [3.8, 4) is 28.1 Å². The van der Waals surface area contributed by atoms with E-state index in [4.69, 9.17) is 11.6 Å². The molecule has 170 valence electrons. The van der Waals surface area contributed by atoms with Crippen LogP contribution in [0.5, 0.6) is 5.75 Å². The predicted molar refractivity (Wildman–Crippen MR) is 127 cm³/mol. The number of phenolic OH excluding ortho intramolecular Hbond substituents is 1. The summed E-state index contributed by atoms with van der Waals surface area (Å²) in [5.41, 5.74) is 2.65. The van der Waals surface area contributed by atoms with Gasteiger partial charge in [0.15, 0.2) is 0 Å². The molecular formula is C23H30ClN7O. The number of nitrogens with zero attached hydrogens (tertiary/aromatic N) is 6. The minimum absolute atomic E-state index is 0.0265. The van der Waals surface area contributed by atoms with Gasteiger partial charge in [-0.25, -0.2) is 4.98 Å². The monoisotopic (exact) mass is 455 g/mol. The molecule has 8 nitrogen and oxygen atoms in total. The molecule has 9 heteroatoms. The minimum Gasteiger partial charge on any atom is -0.507 e. The molecule has 0 aliphatic carbocycles. The highest BCUT2D eigenvalue weighted by Gasteiger charge is 2.39. The van der Waals surface area contributed by atoms with Crippen molar-refractivity contribution in [1.82, 2.24) is 30.3 Å². The fourth-order valence-corrected chi connectivity index (χ4v) is 4.99. The summed E-state index contributed by atoms with van der Waals surface area (Å²) in [6.07, 6.45) is 5.29. The Labute approximate surface area is 193 Å². The summed E-state index contributed by atoms with van der Waals surface area (Å²) in [6.45, 7) is 8.90. The van der Waals surface area contributed by atoms with Crippen molar-refractivity contribution in [2.75, 3.05) is 11.9 Å². The van der Waals surface area contributed by atoms with Crippen molar-refractivity contribution in [2.45, 2.75) is 57.7 Å². The van der Waals surface area contributed by atoms with Gasteiger partial charge in [-0.1, -0.05) is 17.7 Å². The van der Waals surface area contributed by atoms with Crippen LogP contribution in [0.15, 0.2) is 30.6 Å². The summed E-state index contributed by atoms with van der Waals surface area (Å²) >= 11 is 6.28. The number of benzene rings is 1. The molecule has 2 N–H and O–H groups in total. The maximum atomic E-state index is 10.6.